The monoisotopic (exact) mass is 830 g/mol. The summed E-state index contributed by atoms with van der Waals surface area (Å²) in [6, 6.07) is 10.5. The van der Waals surface area contributed by atoms with E-state index < -0.39 is 84.4 Å². The zero-order chi connectivity index (χ0) is 42.8. The number of carbonyl (C=O) groups is 7. The fraction of sp³-hybridized carbons (Fsp3) is 0.558. The molecule has 0 bridgehead atoms. The molecule has 0 radical (unpaired) electrons. The van der Waals surface area contributed by atoms with Gasteiger partial charge in [-0.15, -0.1) is 0 Å². The molecule has 4 aliphatic heterocycles. The summed E-state index contributed by atoms with van der Waals surface area (Å²) in [6.07, 6.45) is 2.02. The van der Waals surface area contributed by atoms with Crippen molar-refractivity contribution in [3.8, 4) is 0 Å². The van der Waals surface area contributed by atoms with Gasteiger partial charge in [-0.25, -0.2) is 9.59 Å². The second kappa shape index (κ2) is 20.6. The molecular weight excluding hydrogens is 773 g/mol. The number of rotatable bonds is 10. The van der Waals surface area contributed by atoms with Gasteiger partial charge in [-0.2, -0.15) is 0 Å². The molecule has 0 spiro atoms. The molecule has 7 unspecified atom stereocenters. The Morgan fingerprint density at radius 2 is 1.57 bits per heavy atom. The number of carbonyl (C=O) groups excluding carboxylic acids is 7. The molecule has 0 aromatic heterocycles. The van der Waals surface area contributed by atoms with Gasteiger partial charge in [0.2, 0.25) is 29.5 Å². The molecule has 60 heavy (non-hydrogen) atoms. The summed E-state index contributed by atoms with van der Waals surface area (Å²) in [6.45, 7) is 6.73. The topological polar surface area (TPSA) is 199 Å². The van der Waals surface area contributed by atoms with Crippen molar-refractivity contribution in [2.24, 2.45) is 5.92 Å². The third kappa shape index (κ3) is 11.2. The maximum absolute atomic E-state index is 14.6. The molecule has 4 aliphatic rings. The molecule has 2 aromatic rings. The molecular formula is C43H58N8O9. The number of anilines is 1. The SMILES string of the molecule is CC1CC2C(=O)OCC(NC(=O)C(Cc3ccccc3)NC(=O)Nc3ccccc3)C(=O)N3CCCC3C(=O)N(C)C(CCCN3CCOCC3)C(=O)NC(C)C(=O)N2C1. The van der Waals surface area contributed by atoms with Crippen LogP contribution in [0.4, 0.5) is 10.5 Å². The smallest absolute Gasteiger partial charge is 0.328 e. The predicted octanol–water partition coefficient (Wildman–Crippen LogP) is 1.13. The minimum absolute atomic E-state index is 0.0649. The number of benzene rings is 2. The summed E-state index contributed by atoms with van der Waals surface area (Å²) in [5.41, 5.74) is 1.24. The normalized spacial score (nSPS) is 26.4. The van der Waals surface area contributed by atoms with Crippen molar-refractivity contribution < 1.29 is 43.0 Å². The fourth-order valence-corrected chi connectivity index (χ4v) is 8.46. The van der Waals surface area contributed by atoms with E-state index in [-0.39, 0.29) is 25.4 Å². The van der Waals surface area contributed by atoms with E-state index in [4.69, 9.17) is 9.47 Å². The quantitative estimate of drug-likeness (QED) is 0.252. The van der Waals surface area contributed by atoms with Gasteiger partial charge in [0.15, 0.2) is 0 Å². The number of esters is 1. The third-order valence-electron chi connectivity index (χ3n) is 11.7. The second-order valence-corrected chi connectivity index (χ2v) is 16.2. The molecule has 324 valence electrons. The number of amides is 7. The van der Waals surface area contributed by atoms with Gasteiger partial charge >= 0.3 is 12.0 Å². The van der Waals surface area contributed by atoms with Crippen LogP contribution in [-0.4, -0.2) is 157 Å². The van der Waals surface area contributed by atoms with E-state index in [9.17, 15) is 33.6 Å². The van der Waals surface area contributed by atoms with Crippen LogP contribution in [0.5, 0.6) is 0 Å². The molecule has 4 saturated heterocycles. The lowest BCUT2D eigenvalue weighted by Gasteiger charge is -2.35. The largest absolute Gasteiger partial charge is 0.461 e. The third-order valence-corrected chi connectivity index (χ3v) is 11.7. The van der Waals surface area contributed by atoms with Gasteiger partial charge in [0.1, 0.15) is 42.9 Å². The standard InChI is InChI=1S/C43H58N8O9/c1-28-24-36-42(57)60-27-33(46-37(52)32(25-30-12-6-4-7-13-30)47-43(58)45-31-14-8-5-9-15-31)40(55)50-19-11-17-35(50)41(56)48(3)34(16-10-18-49-20-22-59-23-21-49)38(53)44-29(2)39(54)51(36)26-28/h4-9,12-15,28-29,32-36H,10-11,16-27H2,1-3H3,(H,44,53)(H,46,52)(H2,45,47,58). The highest BCUT2D eigenvalue weighted by Crippen LogP contribution is 2.26. The first-order valence-corrected chi connectivity index (χ1v) is 21.0. The Balaban J connectivity index is 1.28. The Labute approximate surface area is 350 Å². The van der Waals surface area contributed by atoms with Gasteiger partial charge in [0.25, 0.3) is 0 Å². The van der Waals surface area contributed by atoms with Crippen molar-refractivity contribution in [1.29, 1.82) is 0 Å². The molecule has 17 nitrogen and oxygen atoms in total. The van der Waals surface area contributed by atoms with Crippen LogP contribution in [0, 0.1) is 5.92 Å². The summed E-state index contributed by atoms with van der Waals surface area (Å²) >= 11 is 0. The van der Waals surface area contributed by atoms with Crippen LogP contribution in [-0.2, 0) is 44.7 Å². The maximum atomic E-state index is 14.6. The summed E-state index contributed by atoms with van der Waals surface area (Å²) < 4.78 is 11.2. The van der Waals surface area contributed by atoms with Crippen LogP contribution in [0.15, 0.2) is 60.7 Å². The Morgan fingerprint density at radius 3 is 2.28 bits per heavy atom. The van der Waals surface area contributed by atoms with Crippen LogP contribution in [0.3, 0.4) is 0 Å². The van der Waals surface area contributed by atoms with E-state index in [1.165, 1.54) is 21.7 Å². The van der Waals surface area contributed by atoms with E-state index in [0.717, 1.165) is 18.7 Å². The zero-order valence-electron chi connectivity index (χ0n) is 34.7. The molecule has 0 saturated carbocycles. The fourth-order valence-electron chi connectivity index (χ4n) is 8.46. The highest BCUT2D eigenvalue weighted by molar-refractivity contribution is 5.98. The van der Waals surface area contributed by atoms with Crippen molar-refractivity contribution >= 4 is 47.2 Å². The van der Waals surface area contributed by atoms with E-state index in [0.29, 0.717) is 57.6 Å². The Bertz CT molecular complexity index is 1850. The number of likely N-dealkylation sites (N-methyl/N-ethyl adjacent to an activating group) is 1. The lowest BCUT2D eigenvalue weighted by molar-refractivity contribution is -0.158. The summed E-state index contributed by atoms with van der Waals surface area (Å²) in [5.74, 6) is -3.66. The van der Waals surface area contributed by atoms with Crippen molar-refractivity contribution in [3.63, 3.8) is 0 Å². The number of nitrogens with zero attached hydrogens (tertiary/aromatic N) is 4. The number of ether oxygens (including phenoxy) is 2. The first-order chi connectivity index (χ1) is 28.9. The summed E-state index contributed by atoms with van der Waals surface area (Å²) in [7, 11) is 1.54. The van der Waals surface area contributed by atoms with Gasteiger partial charge in [-0.1, -0.05) is 55.5 Å². The Hall–Kier alpha value is -5.55. The number of nitrogens with one attached hydrogen (secondary N) is 4. The van der Waals surface area contributed by atoms with Crippen LogP contribution in [0.25, 0.3) is 0 Å². The van der Waals surface area contributed by atoms with E-state index in [2.05, 4.69) is 26.2 Å². The second-order valence-electron chi connectivity index (χ2n) is 16.2. The summed E-state index contributed by atoms with van der Waals surface area (Å²) in [5, 5.41) is 11.0. The minimum Gasteiger partial charge on any atom is -0.461 e. The minimum atomic E-state index is -1.46. The first kappa shape index (κ1) is 44.0. The average Bonchev–Trinajstić information content (AvgIpc) is 3.90. The molecule has 17 heteroatoms. The molecule has 2 aromatic carbocycles. The highest BCUT2D eigenvalue weighted by Gasteiger charge is 2.45. The van der Waals surface area contributed by atoms with Gasteiger partial charge in [0.05, 0.1) is 13.2 Å². The lowest BCUT2D eigenvalue weighted by atomic mass is 10.0. The van der Waals surface area contributed by atoms with Crippen LogP contribution < -0.4 is 21.3 Å². The number of fused-ring (bicyclic) bond motifs is 2. The van der Waals surface area contributed by atoms with E-state index >= 15 is 0 Å². The molecule has 4 N–H and O–H groups in total. The zero-order valence-corrected chi connectivity index (χ0v) is 34.7. The van der Waals surface area contributed by atoms with Crippen LogP contribution in [0.1, 0.15) is 51.5 Å². The lowest BCUT2D eigenvalue weighted by Crippen LogP contribution is -2.61. The molecule has 7 atom stereocenters. The Morgan fingerprint density at radius 1 is 0.867 bits per heavy atom. The Kier molecular flexibility index (Phi) is 15.1. The van der Waals surface area contributed by atoms with E-state index in [1.54, 1.807) is 61.5 Å². The highest BCUT2D eigenvalue weighted by atomic mass is 16.5. The maximum Gasteiger partial charge on any atom is 0.328 e. The molecule has 6 rings (SSSR count). The number of cyclic esters (lactones) is 1. The first-order valence-electron chi connectivity index (χ1n) is 21.0. The predicted molar refractivity (Wildman–Crippen MR) is 220 cm³/mol. The number of urea groups is 1. The number of morpholine rings is 1. The number of para-hydroxylation sites is 1. The van der Waals surface area contributed by atoms with Crippen LogP contribution in [0.2, 0.25) is 0 Å². The molecule has 4 heterocycles. The number of hydrogen-bond donors (Lipinski definition) is 4. The molecule has 0 aliphatic carbocycles. The van der Waals surface area contributed by atoms with Gasteiger partial charge in [0, 0.05) is 45.3 Å². The van der Waals surface area contributed by atoms with Gasteiger partial charge < -0.3 is 45.4 Å². The molecule has 4 fully saturated rings. The number of hydrogen-bond acceptors (Lipinski definition) is 10. The van der Waals surface area contributed by atoms with Crippen molar-refractivity contribution in [2.45, 2.75) is 88.6 Å². The molecule has 7 amide bonds. The van der Waals surface area contributed by atoms with Crippen LogP contribution >= 0.6 is 0 Å². The van der Waals surface area contributed by atoms with Crippen molar-refractivity contribution in [1.82, 2.24) is 35.6 Å². The van der Waals surface area contributed by atoms with Gasteiger partial charge in [-0.05, 0) is 69.2 Å². The summed E-state index contributed by atoms with van der Waals surface area (Å²) in [4.78, 5) is 105. The van der Waals surface area contributed by atoms with Crippen molar-refractivity contribution in [2.75, 3.05) is 64.9 Å². The van der Waals surface area contributed by atoms with E-state index in [1.807, 2.05) is 13.0 Å². The van der Waals surface area contributed by atoms with Crippen molar-refractivity contribution in [3.05, 3.63) is 66.2 Å². The van der Waals surface area contributed by atoms with Gasteiger partial charge in [-0.3, -0.25) is 28.9 Å². The average molecular weight is 831 g/mol.